The molecule has 7 nitrogen and oxygen atoms in total. The van der Waals surface area contributed by atoms with E-state index < -0.39 is 0 Å². The van der Waals surface area contributed by atoms with Crippen LogP contribution in [0.15, 0.2) is 58.8 Å². The van der Waals surface area contributed by atoms with E-state index in [1.165, 1.54) is 17.3 Å². The molecule has 1 heterocycles. The van der Waals surface area contributed by atoms with Crippen LogP contribution in [0.5, 0.6) is 5.75 Å². The molecule has 174 valence electrons. The lowest BCUT2D eigenvalue weighted by molar-refractivity contribution is -0.118. The van der Waals surface area contributed by atoms with Crippen molar-refractivity contribution >= 4 is 23.4 Å². The molecule has 0 aliphatic heterocycles. The smallest absolute Gasteiger partial charge is 0.250 e. The van der Waals surface area contributed by atoms with E-state index in [0.29, 0.717) is 18.1 Å². The van der Waals surface area contributed by atoms with E-state index in [0.717, 1.165) is 22.7 Å². The zero-order valence-corrected chi connectivity index (χ0v) is 20.6. The number of phenols is 1. The van der Waals surface area contributed by atoms with Crippen molar-refractivity contribution in [1.29, 1.82) is 0 Å². The summed E-state index contributed by atoms with van der Waals surface area (Å²) < 4.78 is 2.02. The summed E-state index contributed by atoms with van der Waals surface area (Å²) in [5.74, 6) is 0.946. The minimum absolute atomic E-state index is 0.0910. The van der Waals surface area contributed by atoms with Gasteiger partial charge in [0, 0.05) is 12.1 Å². The molecule has 3 rings (SSSR count). The molecule has 0 aliphatic rings. The average Bonchev–Trinajstić information content (AvgIpc) is 3.21. The van der Waals surface area contributed by atoms with Crippen LogP contribution in [-0.2, 0) is 16.8 Å². The summed E-state index contributed by atoms with van der Waals surface area (Å²) in [5, 5.41) is 23.1. The Hall–Kier alpha value is -3.13. The molecule has 1 amide bonds. The standard InChI is InChI=1S/C25H31N5O2S/c1-6-21(17-10-14-20(31)15-11-17)26-27-22(32)16-33-24-29-28-23(30(24)7-2)18-8-12-19(13-9-18)25(3,4)5/h8-15,31H,6-7,16H2,1-5H3,(H,27,32). The molecule has 2 aromatic carbocycles. The molecular weight excluding hydrogens is 434 g/mol. The second-order valence-electron chi connectivity index (χ2n) is 8.66. The minimum Gasteiger partial charge on any atom is -0.508 e. The van der Waals surface area contributed by atoms with Crippen molar-refractivity contribution in [2.45, 2.75) is 58.2 Å². The number of phenolic OH excluding ortho intramolecular Hbond substituents is 1. The van der Waals surface area contributed by atoms with Crippen molar-refractivity contribution in [3.8, 4) is 17.1 Å². The number of carbonyl (C=O) groups is 1. The molecule has 3 aromatic rings. The molecule has 0 saturated carbocycles. The maximum absolute atomic E-state index is 12.4. The van der Waals surface area contributed by atoms with Crippen molar-refractivity contribution in [1.82, 2.24) is 20.2 Å². The van der Waals surface area contributed by atoms with Crippen molar-refractivity contribution in [2.24, 2.45) is 5.10 Å². The van der Waals surface area contributed by atoms with E-state index in [4.69, 9.17) is 0 Å². The van der Waals surface area contributed by atoms with Crippen LogP contribution < -0.4 is 5.43 Å². The molecule has 0 radical (unpaired) electrons. The van der Waals surface area contributed by atoms with Crippen LogP contribution in [0.4, 0.5) is 0 Å². The Bertz CT molecular complexity index is 1110. The molecular formula is C25H31N5O2S. The molecule has 0 atom stereocenters. The predicted molar refractivity (Wildman–Crippen MR) is 134 cm³/mol. The topological polar surface area (TPSA) is 92.4 Å². The van der Waals surface area contributed by atoms with Gasteiger partial charge in [0.25, 0.3) is 5.91 Å². The molecule has 0 saturated heterocycles. The maximum atomic E-state index is 12.4. The number of rotatable bonds is 8. The maximum Gasteiger partial charge on any atom is 0.250 e. The second-order valence-corrected chi connectivity index (χ2v) is 9.60. The number of nitrogens with zero attached hydrogens (tertiary/aromatic N) is 4. The van der Waals surface area contributed by atoms with Gasteiger partial charge >= 0.3 is 0 Å². The Balaban J connectivity index is 1.66. The lowest BCUT2D eigenvalue weighted by Gasteiger charge is -2.19. The van der Waals surface area contributed by atoms with Gasteiger partial charge in [0.1, 0.15) is 5.75 Å². The largest absolute Gasteiger partial charge is 0.508 e. The highest BCUT2D eigenvalue weighted by Gasteiger charge is 2.17. The van der Waals surface area contributed by atoms with Gasteiger partial charge in [0.15, 0.2) is 11.0 Å². The number of amides is 1. The normalized spacial score (nSPS) is 12.1. The monoisotopic (exact) mass is 465 g/mol. The number of hydrazone groups is 1. The zero-order chi connectivity index (χ0) is 24.0. The first-order chi connectivity index (χ1) is 15.7. The van der Waals surface area contributed by atoms with E-state index in [1.807, 2.05) is 18.4 Å². The van der Waals surface area contributed by atoms with Gasteiger partial charge in [-0.25, -0.2) is 5.43 Å². The SMILES string of the molecule is CCC(=NNC(=O)CSc1nnc(-c2ccc(C(C)(C)C)cc2)n1CC)c1ccc(O)cc1. The quantitative estimate of drug-likeness (QED) is 0.278. The third-order valence-corrected chi connectivity index (χ3v) is 6.19. The molecule has 1 aromatic heterocycles. The van der Waals surface area contributed by atoms with Crippen LogP contribution in [-0.4, -0.2) is 37.2 Å². The van der Waals surface area contributed by atoms with Crippen LogP contribution in [0.25, 0.3) is 11.4 Å². The number of hydrogen-bond donors (Lipinski definition) is 2. The summed E-state index contributed by atoms with van der Waals surface area (Å²) in [7, 11) is 0. The highest BCUT2D eigenvalue weighted by Crippen LogP contribution is 2.27. The number of nitrogens with one attached hydrogen (secondary N) is 1. The molecule has 33 heavy (non-hydrogen) atoms. The number of aromatic hydroxyl groups is 1. The summed E-state index contributed by atoms with van der Waals surface area (Å²) >= 11 is 1.33. The molecule has 0 bridgehead atoms. The summed E-state index contributed by atoms with van der Waals surface area (Å²) in [5.41, 5.74) is 6.57. The molecule has 0 fully saturated rings. The third-order valence-electron chi connectivity index (χ3n) is 5.23. The van der Waals surface area contributed by atoms with Crippen molar-refractivity contribution in [3.05, 3.63) is 59.7 Å². The summed E-state index contributed by atoms with van der Waals surface area (Å²) in [6, 6.07) is 15.2. The molecule has 2 N–H and O–H groups in total. The number of aromatic nitrogens is 3. The summed E-state index contributed by atoms with van der Waals surface area (Å²) in [6.45, 7) is 11.3. The van der Waals surface area contributed by atoms with Crippen LogP contribution in [0.3, 0.4) is 0 Å². The van der Waals surface area contributed by atoms with Crippen molar-refractivity contribution in [2.75, 3.05) is 5.75 Å². The van der Waals surface area contributed by atoms with Gasteiger partial charge in [-0.2, -0.15) is 5.10 Å². The number of benzene rings is 2. The average molecular weight is 466 g/mol. The predicted octanol–water partition coefficient (Wildman–Crippen LogP) is 4.99. The van der Waals surface area contributed by atoms with Gasteiger partial charge in [-0.05, 0) is 54.2 Å². The Morgan fingerprint density at radius 1 is 1.06 bits per heavy atom. The van der Waals surface area contributed by atoms with Crippen LogP contribution in [0, 0.1) is 0 Å². The van der Waals surface area contributed by atoms with Gasteiger partial charge in [-0.1, -0.05) is 63.7 Å². The summed E-state index contributed by atoms with van der Waals surface area (Å²) in [6.07, 6.45) is 0.653. The van der Waals surface area contributed by atoms with Gasteiger partial charge < -0.3 is 9.67 Å². The minimum atomic E-state index is -0.216. The van der Waals surface area contributed by atoms with Gasteiger partial charge in [-0.3, -0.25) is 4.79 Å². The van der Waals surface area contributed by atoms with Gasteiger partial charge in [-0.15, -0.1) is 10.2 Å². The van der Waals surface area contributed by atoms with E-state index in [1.54, 1.807) is 24.3 Å². The number of thioether (sulfide) groups is 1. The summed E-state index contributed by atoms with van der Waals surface area (Å²) in [4.78, 5) is 12.4. The molecule has 0 spiro atoms. The first-order valence-corrected chi connectivity index (χ1v) is 12.0. The Morgan fingerprint density at radius 2 is 1.73 bits per heavy atom. The lowest BCUT2D eigenvalue weighted by atomic mass is 9.87. The number of hydrogen-bond acceptors (Lipinski definition) is 6. The molecule has 8 heteroatoms. The van der Waals surface area contributed by atoms with Crippen LogP contribution >= 0.6 is 11.8 Å². The lowest BCUT2D eigenvalue weighted by Crippen LogP contribution is -2.22. The van der Waals surface area contributed by atoms with Gasteiger partial charge in [0.05, 0.1) is 11.5 Å². The zero-order valence-electron chi connectivity index (χ0n) is 19.8. The van der Waals surface area contributed by atoms with E-state index in [2.05, 4.69) is 65.8 Å². The van der Waals surface area contributed by atoms with E-state index in [-0.39, 0.29) is 22.8 Å². The van der Waals surface area contributed by atoms with Gasteiger partial charge in [0.2, 0.25) is 0 Å². The Kier molecular flexibility index (Phi) is 7.92. The third kappa shape index (κ3) is 6.22. The van der Waals surface area contributed by atoms with Crippen molar-refractivity contribution in [3.63, 3.8) is 0 Å². The second kappa shape index (κ2) is 10.7. The highest BCUT2D eigenvalue weighted by molar-refractivity contribution is 7.99. The Morgan fingerprint density at radius 3 is 2.30 bits per heavy atom. The molecule has 0 unspecified atom stereocenters. The Labute approximate surface area is 199 Å². The number of carbonyl (C=O) groups excluding carboxylic acids is 1. The fourth-order valence-electron chi connectivity index (χ4n) is 3.31. The fraction of sp³-hybridized carbons (Fsp3) is 0.360. The highest BCUT2D eigenvalue weighted by atomic mass is 32.2. The van der Waals surface area contributed by atoms with Crippen molar-refractivity contribution < 1.29 is 9.90 Å². The van der Waals surface area contributed by atoms with Crippen LogP contribution in [0.1, 0.15) is 52.2 Å². The van der Waals surface area contributed by atoms with Crippen LogP contribution in [0.2, 0.25) is 0 Å². The fourth-order valence-corrected chi connectivity index (χ4v) is 4.10. The first kappa shape index (κ1) is 24.5. The first-order valence-electron chi connectivity index (χ1n) is 11.0. The molecule has 0 aliphatic carbocycles. The van der Waals surface area contributed by atoms with E-state index in [9.17, 15) is 9.90 Å². The van der Waals surface area contributed by atoms with E-state index >= 15 is 0 Å².